The molecule has 0 unspecified atom stereocenters. The van der Waals surface area contributed by atoms with Gasteiger partial charge in [0, 0.05) is 17.7 Å². The van der Waals surface area contributed by atoms with Gasteiger partial charge in [-0.05, 0) is 49.7 Å². The zero-order chi connectivity index (χ0) is 15.1. The predicted octanol–water partition coefficient (Wildman–Crippen LogP) is 5.98. The summed E-state index contributed by atoms with van der Waals surface area (Å²) in [6.07, 6.45) is 3.51. The lowest BCUT2D eigenvalue weighted by molar-refractivity contribution is 0.147. The third kappa shape index (κ3) is 4.26. The van der Waals surface area contributed by atoms with Crippen molar-refractivity contribution in [3.05, 3.63) is 29.6 Å². The molecule has 0 atom stereocenters. The topological polar surface area (TPSA) is 12.9 Å². The Bertz CT molecular complexity index is 382. The van der Waals surface area contributed by atoms with Gasteiger partial charge in [-0.2, -0.15) is 0 Å². The van der Waals surface area contributed by atoms with Gasteiger partial charge in [0.2, 0.25) is 0 Å². The summed E-state index contributed by atoms with van der Waals surface area (Å²) in [6.45, 7) is 8.49. The molecule has 0 aromatic carbocycles. The first-order valence-electron chi connectivity index (χ1n) is 7.82. The molecule has 3 heteroatoms. The van der Waals surface area contributed by atoms with E-state index in [1.165, 1.54) is 6.07 Å². The molecular weight excluding hydrogens is 256 g/mol. The normalized spacial score (nSPS) is 22.6. The SMILES string of the molecule is CC.CC(C)C1CCC(c2ncccc2C(F)F)CC1. The van der Waals surface area contributed by atoms with Crippen LogP contribution in [0.5, 0.6) is 0 Å². The molecule has 1 fully saturated rings. The van der Waals surface area contributed by atoms with Gasteiger partial charge in [-0.25, -0.2) is 8.78 Å². The molecule has 1 aromatic rings. The molecule has 0 radical (unpaired) electrons. The van der Waals surface area contributed by atoms with E-state index in [2.05, 4.69) is 18.8 Å². The molecular formula is C17H27F2N. The van der Waals surface area contributed by atoms with Crippen molar-refractivity contribution in [1.29, 1.82) is 0 Å². The van der Waals surface area contributed by atoms with Crippen LogP contribution in [0.15, 0.2) is 18.3 Å². The Morgan fingerprint density at radius 2 is 1.70 bits per heavy atom. The number of hydrogen-bond acceptors (Lipinski definition) is 1. The van der Waals surface area contributed by atoms with E-state index in [4.69, 9.17) is 0 Å². The molecule has 0 saturated heterocycles. The summed E-state index contributed by atoms with van der Waals surface area (Å²) < 4.78 is 25.9. The van der Waals surface area contributed by atoms with Gasteiger partial charge in [-0.1, -0.05) is 27.7 Å². The number of aromatic nitrogens is 1. The predicted molar refractivity (Wildman–Crippen MR) is 80.1 cm³/mol. The van der Waals surface area contributed by atoms with Crippen LogP contribution < -0.4 is 0 Å². The van der Waals surface area contributed by atoms with E-state index in [1.807, 2.05) is 13.8 Å². The Balaban J connectivity index is 0.000000956. The van der Waals surface area contributed by atoms with Crippen molar-refractivity contribution < 1.29 is 8.78 Å². The van der Waals surface area contributed by atoms with Crippen molar-refractivity contribution in [1.82, 2.24) is 4.98 Å². The third-order valence-corrected chi connectivity index (χ3v) is 4.21. The lowest BCUT2D eigenvalue weighted by atomic mass is 9.75. The van der Waals surface area contributed by atoms with Crippen molar-refractivity contribution in [3.63, 3.8) is 0 Å². The molecule has 1 saturated carbocycles. The van der Waals surface area contributed by atoms with E-state index >= 15 is 0 Å². The van der Waals surface area contributed by atoms with Crippen molar-refractivity contribution in [2.45, 2.75) is 65.7 Å². The first-order valence-corrected chi connectivity index (χ1v) is 7.82. The fourth-order valence-electron chi connectivity index (χ4n) is 3.01. The summed E-state index contributed by atoms with van der Waals surface area (Å²) in [4.78, 5) is 4.21. The minimum Gasteiger partial charge on any atom is -0.261 e. The first-order chi connectivity index (χ1) is 9.59. The zero-order valence-electron chi connectivity index (χ0n) is 13.1. The average molecular weight is 283 g/mol. The van der Waals surface area contributed by atoms with Crippen molar-refractivity contribution >= 4 is 0 Å². The molecule has 0 bridgehead atoms. The van der Waals surface area contributed by atoms with Gasteiger partial charge in [0.05, 0.1) is 5.69 Å². The van der Waals surface area contributed by atoms with Crippen molar-refractivity contribution in [2.24, 2.45) is 11.8 Å². The Morgan fingerprint density at radius 3 is 2.20 bits per heavy atom. The molecule has 1 aliphatic carbocycles. The summed E-state index contributed by atoms with van der Waals surface area (Å²) in [5, 5.41) is 0. The smallest absolute Gasteiger partial charge is 0.261 e. The highest BCUT2D eigenvalue weighted by Gasteiger charge is 2.27. The second kappa shape index (κ2) is 8.33. The first kappa shape index (κ1) is 17.1. The second-order valence-corrected chi connectivity index (χ2v) is 5.63. The number of rotatable bonds is 3. The van der Waals surface area contributed by atoms with E-state index in [0.717, 1.165) is 31.6 Å². The number of hydrogen-bond donors (Lipinski definition) is 0. The Kier molecular flexibility index (Phi) is 7.11. The van der Waals surface area contributed by atoms with Crippen LogP contribution in [-0.4, -0.2) is 4.98 Å². The molecule has 1 aliphatic rings. The van der Waals surface area contributed by atoms with E-state index < -0.39 is 6.43 Å². The third-order valence-electron chi connectivity index (χ3n) is 4.21. The fourth-order valence-corrected chi connectivity index (χ4v) is 3.01. The average Bonchev–Trinajstić information content (AvgIpc) is 2.49. The Labute approximate surface area is 121 Å². The monoisotopic (exact) mass is 283 g/mol. The number of pyridine rings is 1. The zero-order valence-corrected chi connectivity index (χ0v) is 13.1. The molecule has 0 spiro atoms. The van der Waals surface area contributed by atoms with Gasteiger partial charge < -0.3 is 0 Å². The number of nitrogens with zero attached hydrogens (tertiary/aromatic N) is 1. The Hall–Kier alpha value is -0.990. The van der Waals surface area contributed by atoms with Gasteiger partial charge in [0.1, 0.15) is 0 Å². The fraction of sp³-hybridized carbons (Fsp3) is 0.706. The number of halogens is 2. The molecule has 0 N–H and O–H groups in total. The van der Waals surface area contributed by atoms with E-state index in [1.54, 1.807) is 12.3 Å². The largest absolute Gasteiger partial charge is 0.265 e. The number of alkyl halides is 2. The molecule has 1 heterocycles. The lowest BCUT2D eigenvalue weighted by Gasteiger charge is -2.31. The summed E-state index contributed by atoms with van der Waals surface area (Å²) in [7, 11) is 0. The van der Waals surface area contributed by atoms with Crippen LogP contribution in [0, 0.1) is 11.8 Å². The second-order valence-electron chi connectivity index (χ2n) is 5.63. The maximum absolute atomic E-state index is 12.9. The van der Waals surface area contributed by atoms with E-state index in [-0.39, 0.29) is 11.5 Å². The molecule has 114 valence electrons. The Morgan fingerprint density at radius 1 is 1.10 bits per heavy atom. The summed E-state index contributed by atoms with van der Waals surface area (Å²) >= 11 is 0. The van der Waals surface area contributed by atoms with E-state index in [0.29, 0.717) is 11.6 Å². The highest BCUT2D eigenvalue weighted by molar-refractivity contribution is 5.24. The summed E-state index contributed by atoms with van der Waals surface area (Å²) in [5.41, 5.74) is 0.764. The maximum atomic E-state index is 12.9. The van der Waals surface area contributed by atoms with Gasteiger partial charge >= 0.3 is 0 Å². The quantitative estimate of drug-likeness (QED) is 0.665. The molecule has 0 amide bonds. The highest BCUT2D eigenvalue weighted by atomic mass is 19.3. The molecule has 0 aliphatic heterocycles. The van der Waals surface area contributed by atoms with Gasteiger partial charge in [0.15, 0.2) is 0 Å². The minimum atomic E-state index is -2.41. The van der Waals surface area contributed by atoms with E-state index in [9.17, 15) is 8.78 Å². The van der Waals surface area contributed by atoms with Crippen LogP contribution in [0.25, 0.3) is 0 Å². The lowest BCUT2D eigenvalue weighted by Crippen LogP contribution is -2.19. The summed E-state index contributed by atoms with van der Waals surface area (Å²) in [6, 6.07) is 3.12. The minimum absolute atomic E-state index is 0.130. The molecule has 1 nitrogen and oxygen atoms in total. The van der Waals surface area contributed by atoms with Crippen LogP contribution in [0.1, 0.15) is 77.0 Å². The highest BCUT2D eigenvalue weighted by Crippen LogP contribution is 2.40. The van der Waals surface area contributed by atoms with Gasteiger partial charge in [-0.3, -0.25) is 4.98 Å². The molecule has 1 aromatic heterocycles. The molecule has 20 heavy (non-hydrogen) atoms. The summed E-state index contributed by atoms with van der Waals surface area (Å²) in [5.74, 6) is 1.68. The standard InChI is InChI=1S/C15H21F2N.C2H6/c1-10(2)11-5-7-12(8-6-11)14-13(15(16)17)4-3-9-18-14;1-2/h3-4,9-12,15H,5-8H2,1-2H3;1-2H3. The van der Waals surface area contributed by atoms with Crippen LogP contribution in [0.3, 0.4) is 0 Å². The van der Waals surface area contributed by atoms with Crippen LogP contribution in [0.2, 0.25) is 0 Å². The van der Waals surface area contributed by atoms with Crippen LogP contribution >= 0.6 is 0 Å². The van der Waals surface area contributed by atoms with Crippen LogP contribution in [-0.2, 0) is 0 Å². The molecule has 2 rings (SSSR count). The van der Waals surface area contributed by atoms with Gasteiger partial charge in [-0.15, -0.1) is 0 Å². The van der Waals surface area contributed by atoms with Gasteiger partial charge in [0.25, 0.3) is 6.43 Å². The van der Waals surface area contributed by atoms with Crippen LogP contribution in [0.4, 0.5) is 8.78 Å². The van der Waals surface area contributed by atoms with Crippen molar-refractivity contribution in [3.8, 4) is 0 Å². The van der Waals surface area contributed by atoms with Crippen molar-refractivity contribution in [2.75, 3.05) is 0 Å². The maximum Gasteiger partial charge on any atom is 0.265 e.